The van der Waals surface area contributed by atoms with E-state index in [0.717, 1.165) is 10.5 Å². The molecule has 1 atom stereocenters. The zero-order valence-electron chi connectivity index (χ0n) is 8.52. The van der Waals surface area contributed by atoms with Crippen molar-refractivity contribution in [1.29, 1.82) is 5.26 Å². The summed E-state index contributed by atoms with van der Waals surface area (Å²) in [5, 5.41) is 17.4. The molecule has 0 saturated carbocycles. The maximum Gasteiger partial charge on any atom is 0.335 e. The molecule has 1 N–H and O–H groups in total. The second-order valence-electron chi connectivity index (χ2n) is 3.17. The van der Waals surface area contributed by atoms with Crippen LogP contribution in [0.4, 0.5) is 0 Å². The van der Waals surface area contributed by atoms with Gasteiger partial charge in [0.1, 0.15) is 0 Å². The minimum Gasteiger partial charge on any atom is -0.478 e. The van der Waals surface area contributed by atoms with Gasteiger partial charge in [0, 0.05) is 4.90 Å². The summed E-state index contributed by atoms with van der Waals surface area (Å²) >= 11 is 1.36. The van der Waals surface area contributed by atoms with E-state index in [-0.39, 0.29) is 5.25 Å². The maximum atomic E-state index is 10.9. The van der Waals surface area contributed by atoms with Gasteiger partial charge in [0.15, 0.2) is 0 Å². The van der Waals surface area contributed by atoms with Crippen LogP contribution in [0.3, 0.4) is 0 Å². The maximum absolute atomic E-state index is 10.9. The third-order valence-electron chi connectivity index (χ3n) is 1.93. The fraction of sp³-hybridized carbons (Fsp3) is 0.273. The van der Waals surface area contributed by atoms with E-state index in [4.69, 9.17) is 10.4 Å². The number of aryl methyl sites for hydroxylation is 1. The quantitative estimate of drug-likeness (QED) is 0.797. The third-order valence-corrected chi connectivity index (χ3v) is 2.92. The highest BCUT2D eigenvalue weighted by molar-refractivity contribution is 8.00. The molecule has 0 spiro atoms. The summed E-state index contributed by atoms with van der Waals surface area (Å²) in [6.07, 6.45) is 0. The van der Waals surface area contributed by atoms with Crippen LogP contribution in [-0.4, -0.2) is 16.3 Å². The number of thioether (sulfide) groups is 1. The van der Waals surface area contributed by atoms with Crippen LogP contribution in [0.1, 0.15) is 22.8 Å². The number of nitrogens with zero attached hydrogens (tertiary/aromatic N) is 1. The normalized spacial score (nSPS) is 11.8. The van der Waals surface area contributed by atoms with E-state index in [9.17, 15) is 4.79 Å². The predicted molar refractivity (Wildman–Crippen MR) is 59.1 cm³/mol. The minimum absolute atomic E-state index is 0.172. The molecule has 0 aliphatic heterocycles. The summed E-state index contributed by atoms with van der Waals surface area (Å²) in [5.74, 6) is -0.931. The largest absolute Gasteiger partial charge is 0.478 e. The van der Waals surface area contributed by atoms with Crippen molar-refractivity contribution in [3.8, 4) is 6.07 Å². The van der Waals surface area contributed by atoms with Gasteiger partial charge >= 0.3 is 5.97 Å². The monoisotopic (exact) mass is 221 g/mol. The van der Waals surface area contributed by atoms with Gasteiger partial charge in [0.2, 0.25) is 0 Å². The summed E-state index contributed by atoms with van der Waals surface area (Å²) in [5.41, 5.74) is 1.03. The Morgan fingerprint density at radius 3 is 2.80 bits per heavy atom. The smallest absolute Gasteiger partial charge is 0.335 e. The van der Waals surface area contributed by atoms with Gasteiger partial charge in [-0.15, -0.1) is 11.8 Å². The van der Waals surface area contributed by atoms with E-state index in [1.807, 2.05) is 6.07 Å². The van der Waals surface area contributed by atoms with Gasteiger partial charge in [0.25, 0.3) is 0 Å². The van der Waals surface area contributed by atoms with E-state index in [1.54, 1.807) is 26.0 Å². The van der Waals surface area contributed by atoms with Gasteiger partial charge in [-0.05, 0) is 31.5 Å². The highest BCUT2D eigenvalue weighted by Crippen LogP contribution is 2.25. The molecule has 0 aromatic heterocycles. The Morgan fingerprint density at radius 1 is 1.60 bits per heavy atom. The number of hydrogen-bond donors (Lipinski definition) is 1. The number of carbonyl (C=O) groups is 1. The van der Waals surface area contributed by atoms with Crippen molar-refractivity contribution < 1.29 is 9.90 Å². The summed E-state index contributed by atoms with van der Waals surface area (Å²) < 4.78 is 0. The van der Waals surface area contributed by atoms with Gasteiger partial charge in [-0.3, -0.25) is 0 Å². The highest BCUT2D eigenvalue weighted by atomic mass is 32.2. The number of carboxylic acid groups (broad SMARTS) is 1. The Labute approximate surface area is 92.7 Å². The van der Waals surface area contributed by atoms with Crippen molar-refractivity contribution in [1.82, 2.24) is 0 Å². The molecule has 15 heavy (non-hydrogen) atoms. The number of aromatic carboxylic acids is 1. The summed E-state index contributed by atoms with van der Waals surface area (Å²) in [4.78, 5) is 11.7. The summed E-state index contributed by atoms with van der Waals surface area (Å²) in [6, 6.07) is 7.29. The molecule has 4 heteroatoms. The zero-order chi connectivity index (χ0) is 11.4. The summed E-state index contributed by atoms with van der Waals surface area (Å²) in [6.45, 7) is 3.54. The van der Waals surface area contributed by atoms with Crippen LogP contribution in [-0.2, 0) is 0 Å². The molecule has 1 rings (SSSR count). The van der Waals surface area contributed by atoms with Gasteiger partial charge in [-0.25, -0.2) is 4.79 Å². The number of benzene rings is 1. The highest BCUT2D eigenvalue weighted by Gasteiger charge is 2.09. The van der Waals surface area contributed by atoms with Gasteiger partial charge in [-0.1, -0.05) is 6.07 Å². The van der Waals surface area contributed by atoms with Crippen LogP contribution in [0, 0.1) is 18.3 Å². The van der Waals surface area contributed by atoms with E-state index in [1.165, 1.54) is 11.8 Å². The lowest BCUT2D eigenvalue weighted by Crippen LogP contribution is -2.00. The van der Waals surface area contributed by atoms with E-state index >= 15 is 0 Å². The van der Waals surface area contributed by atoms with Crippen molar-refractivity contribution in [3.05, 3.63) is 29.3 Å². The molecule has 0 saturated heterocycles. The molecular formula is C11H11NO2S. The second-order valence-corrected chi connectivity index (χ2v) is 4.59. The van der Waals surface area contributed by atoms with Crippen molar-refractivity contribution in [2.45, 2.75) is 24.0 Å². The van der Waals surface area contributed by atoms with Crippen molar-refractivity contribution in [3.63, 3.8) is 0 Å². The first-order chi connectivity index (χ1) is 7.04. The van der Waals surface area contributed by atoms with Crippen molar-refractivity contribution in [2.24, 2.45) is 0 Å². The summed E-state index contributed by atoms with van der Waals surface area (Å²) in [7, 11) is 0. The fourth-order valence-electron chi connectivity index (χ4n) is 1.14. The van der Waals surface area contributed by atoms with Crippen LogP contribution in [0.25, 0.3) is 0 Å². The van der Waals surface area contributed by atoms with Crippen molar-refractivity contribution >= 4 is 17.7 Å². The molecule has 0 aliphatic rings. The number of rotatable bonds is 3. The first-order valence-corrected chi connectivity index (χ1v) is 5.32. The Hall–Kier alpha value is -1.47. The lowest BCUT2D eigenvalue weighted by atomic mass is 10.1. The van der Waals surface area contributed by atoms with Gasteiger partial charge in [-0.2, -0.15) is 5.26 Å². The standard InChI is InChI=1S/C11H11NO2S/c1-7-3-4-9(15-8(2)6-12)5-10(7)11(13)14/h3-5,8H,1-2H3,(H,13,14). The molecule has 0 heterocycles. The number of nitriles is 1. The fourth-order valence-corrected chi connectivity index (χ4v) is 1.93. The molecule has 0 radical (unpaired) electrons. The molecule has 1 aromatic carbocycles. The first-order valence-electron chi connectivity index (χ1n) is 4.45. The molecule has 1 aromatic rings. The van der Waals surface area contributed by atoms with E-state index in [0.29, 0.717) is 5.56 Å². The Balaban J connectivity index is 2.99. The molecule has 78 valence electrons. The zero-order valence-corrected chi connectivity index (χ0v) is 9.34. The van der Waals surface area contributed by atoms with Crippen LogP contribution in [0.15, 0.2) is 23.1 Å². The lowest BCUT2D eigenvalue weighted by Gasteiger charge is -2.06. The number of carboxylic acids is 1. The van der Waals surface area contributed by atoms with Crippen LogP contribution >= 0.6 is 11.8 Å². The third kappa shape index (κ3) is 3.00. The SMILES string of the molecule is Cc1ccc(SC(C)C#N)cc1C(=O)O. The van der Waals surface area contributed by atoms with Crippen LogP contribution < -0.4 is 0 Å². The number of hydrogen-bond acceptors (Lipinski definition) is 3. The first kappa shape index (κ1) is 11.6. The minimum atomic E-state index is -0.931. The van der Waals surface area contributed by atoms with Gasteiger partial charge < -0.3 is 5.11 Å². The Kier molecular flexibility index (Phi) is 3.75. The molecule has 0 amide bonds. The Morgan fingerprint density at radius 2 is 2.27 bits per heavy atom. The molecule has 1 unspecified atom stereocenters. The molecule has 0 aliphatic carbocycles. The predicted octanol–water partition coefficient (Wildman–Crippen LogP) is 2.70. The van der Waals surface area contributed by atoms with E-state index in [2.05, 4.69) is 6.07 Å². The molecular weight excluding hydrogens is 210 g/mol. The second kappa shape index (κ2) is 4.85. The van der Waals surface area contributed by atoms with Crippen LogP contribution in [0.2, 0.25) is 0 Å². The van der Waals surface area contributed by atoms with Gasteiger partial charge in [0.05, 0.1) is 16.9 Å². The molecule has 0 fully saturated rings. The average Bonchev–Trinajstić information content (AvgIpc) is 2.20. The molecule has 0 bridgehead atoms. The van der Waals surface area contributed by atoms with Crippen molar-refractivity contribution in [2.75, 3.05) is 0 Å². The van der Waals surface area contributed by atoms with E-state index < -0.39 is 5.97 Å². The van der Waals surface area contributed by atoms with Crippen LogP contribution in [0.5, 0.6) is 0 Å². The average molecular weight is 221 g/mol. The topological polar surface area (TPSA) is 61.1 Å². The lowest BCUT2D eigenvalue weighted by molar-refractivity contribution is 0.0696. The molecule has 3 nitrogen and oxygen atoms in total. The Bertz CT molecular complexity index is 423.